The minimum atomic E-state index is -0.935. The van der Waals surface area contributed by atoms with Crippen LogP contribution >= 0.6 is 0 Å². The molecule has 9 heteroatoms. The van der Waals surface area contributed by atoms with Crippen LogP contribution in [0.2, 0.25) is 0 Å². The molecule has 1 aromatic carbocycles. The van der Waals surface area contributed by atoms with Gasteiger partial charge in [0.15, 0.2) is 5.96 Å². The third kappa shape index (κ3) is 4.53. The van der Waals surface area contributed by atoms with Crippen LogP contribution in [0.3, 0.4) is 0 Å². The third-order valence-electron chi connectivity index (χ3n) is 8.50. The molecule has 1 unspecified atom stereocenters. The zero-order valence-electron chi connectivity index (χ0n) is 22.4. The number of hydrogen-bond donors (Lipinski definition) is 3. The number of aliphatic imine (C=N–C) groups is 1. The average Bonchev–Trinajstić information content (AvgIpc) is 3.69. The van der Waals surface area contributed by atoms with E-state index in [0.717, 1.165) is 24.0 Å². The summed E-state index contributed by atoms with van der Waals surface area (Å²) in [6.07, 6.45) is 4.78. The van der Waals surface area contributed by atoms with Crippen molar-refractivity contribution in [3.63, 3.8) is 0 Å². The molecule has 1 saturated carbocycles. The monoisotopic (exact) mass is 519 g/mol. The molecule has 1 aromatic heterocycles. The van der Waals surface area contributed by atoms with Crippen LogP contribution in [0, 0.1) is 11.8 Å². The summed E-state index contributed by atoms with van der Waals surface area (Å²) in [5, 5.41) is 14.2. The number of hydrogen-bond acceptors (Lipinski definition) is 7. The summed E-state index contributed by atoms with van der Waals surface area (Å²) in [7, 11) is 0. The second-order valence-corrected chi connectivity index (χ2v) is 11.3. The van der Waals surface area contributed by atoms with Crippen molar-refractivity contribution in [3.05, 3.63) is 59.9 Å². The Morgan fingerprint density at radius 2 is 1.97 bits per heavy atom. The molecule has 2 aromatic rings. The Bertz CT molecular complexity index is 1240. The summed E-state index contributed by atoms with van der Waals surface area (Å²) in [6.45, 7) is 7.66. The topological polar surface area (TPSA) is 130 Å². The molecular weight excluding hydrogens is 482 g/mol. The van der Waals surface area contributed by atoms with Gasteiger partial charge in [0.05, 0.1) is 24.0 Å². The van der Waals surface area contributed by atoms with Crippen molar-refractivity contribution in [2.24, 2.45) is 22.6 Å². The fourth-order valence-electron chi connectivity index (χ4n) is 5.95. The van der Waals surface area contributed by atoms with Crippen LogP contribution in [-0.4, -0.2) is 50.0 Å². The van der Waals surface area contributed by atoms with E-state index in [1.54, 1.807) is 17.3 Å². The van der Waals surface area contributed by atoms with Crippen LogP contribution < -0.4 is 15.8 Å². The van der Waals surface area contributed by atoms with E-state index in [9.17, 15) is 14.7 Å². The van der Waals surface area contributed by atoms with Crippen molar-refractivity contribution < 1.29 is 19.4 Å². The quantitative estimate of drug-likeness (QED) is 0.515. The van der Waals surface area contributed by atoms with Gasteiger partial charge in [0, 0.05) is 23.9 Å². The van der Waals surface area contributed by atoms with Crippen molar-refractivity contribution >= 4 is 17.8 Å². The smallest absolute Gasteiger partial charge is 0.232 e. The standard InChI is InChI=1S/C29H37N5O4/c1-5-29(6-2)15-22(35)34(27(30)33-29)24(17-10-9-13-31-16-17)19-14-20(19)26(37)32-23-18-11-7-8-12-21(18)38-28(3,4)25(23)36/h7-13,16,19-20,23-25,36H,5-6,14-15H2,1-4H3,(H2,30,33)(H,32,37)/t19?,20-,23+,24-,25-/m1/s1. The minimum absolute atomic E-state index is 0.0864. The third-order valence-corrected chi connectivity index (χ3v) is 8.50. The first-order chi connectivity index (χ1) is 18.1. The lowest BCUT2D eigenvalue weighted by Crippen LogP contribution is -2.54. The Labute approximate surface area is 223 Å². The van der Waals surface area contributed by atoms with Crippen LogP contribution in [0.5, 0.6) is 5.75 Å². The van der Waals surface area contributed by atoms with E-state index < -0.39 is 29.3 Å². The number of ether oxygens (including phenoxy) is 1. The van der Waals surface area contributed by atoms with Gasteiger partial charge in [-0.15, -0.1) is 0 Å². The second kappa shape index (κ2) is 9.69. The number of aliphatic hydroxyl groups excluding tert-OH is 1. The molecule has 38 heavy (non-hydrogen) atoms. The molecular formula is C29H37N5O4. The predicted octanol–water partition coefficient (Wildman–Crippen LogP) is 3.25. The van der Waals surface area contributed by atoms with Gasteiger partial charge in [0.2, 0.25) is 11.8 Å². The molecule has 2 amide bonds. The largest absolute Gasteiger partial charge is 0.485 e. The number of benzene rings is 1. The van der Waals surface area contributed by atoms with E-state index in [2.05, 4.69) is 10.3 Å². The van der Waals surface area contributed by atoms with Gasteiger partial charge in [-0.25, -0.2) is 4.99 Å². The van der Waals surface area contributed by atoms with Crippen LogP contribution in [0.25, 0.3) is 0 Å². The molecule has 5 atom stereocenters. The Balaban J connectivity index is 1.42. The Morgan fingerprint density at radius 3 is 2.63 bits per heavy atom. The molecule has 2 aliphatic heterocycles. The van der Waals surface area contributed by atoms with Crippen LogP contribution in [0.1, 0.15) is 76.6 Å². The fraction of sp³-hybridized carbons (Fsp3) is 0.517. The average molecular weight is 520 g/mol. The molecule has 4 N–H and O–H groups in total. The Hall–Kier alpha value is -3.46. The van der Waals surface area contributed by atoms with Crippen LogP contribution in [0.15, 0.2) is 53.8 Å². The second-order valence-electron chi connectivity index (χ2n) is 11.3. The van der Waals surface area contributed by atoms with Crippen molar-refractivity contribution in [2.75, 3.05) is 0 Å². The van der Waals surface area contributed by atoms with Gasteiger partial charge in [0.25, 0.3) is 0 Å². The predicted molar refractivity (Wildman–Crippen MR) is 143 cm³/mol. The molecule has 1 aliphatic carbocycles. The number of nitrogens with two attached hydrogens (primary N) is 1. The number of amides is 2. The van der Waals surface area contributed by atoms with Gasteiger partial charge in [-0.05, 0) is 56.7 Å². The highest BCUT2D eigenvalue weighted by Gasteiger charge is 2.54. The zero-order valence-corrected chi connectivity index (χ0v) is 22.4. The summed E-state index contributed by atoms with van der Waals surface area (Å²) >= 11 is 0. The maximum Gasteiger partial charge on any atom is 0.232 e. The summed E-state index contributed by atoms with van der Waals surface area (Å²) in [4.78, 5) is 37.7. The molecule has 5 rings (SSSR count). The lowest BCUT2D eigenvalue weighted by atomic mass is 9.86. The van der Waals surface area contributed by atoms with Crippen molar-refractivity contribution in [1.82, 2.24) is 15.2 Å². The first-order valence-corrected chi connectivity index (χ1v) is 13.4. The number of fused-ring (bicyclic) bond motifs is 1. The molecule has 0 saturated heterocycles. The summed E-state index contributed by atoms with van der Waals surface area (Å²) in [5.41, 5.74) is 6.66. The number of nitrogens with one attached hydrogen (secondary N) is 1. The molecule has 0 bridgehead atoms. The van der Waals surface area contributed by atoms with E-state index in [4.69, 9.17) is 15.5 Å². The van der Waals surface area contributed by atoms with Crippen molar-refractivity contribution in [1.29, 1.82) is 0 Å². The highest BCUT2D eigenvalue weighted by atomic mass is 16.5. The van der Waals surface area contributed by atoms with Gasteiger partial charge in [0.1, 0.15) is 17.5 Å². The maximum atomic E-state index is 13.6. The summed E-state index contributed by atoms with van der Waals surface area (Å²) < 4.78 is 6.00. The van der Waals surface area contributed by atoms with E-state index in [-0.39, 0.29) is 36.0 Å². The Kier molecular flexibility index (Phi) is 6.67. The van der Waals surface area contributed by atoms with Gasteiger partial charge in [-0.1, -0.05) is 38.1 Å². The molecule has 202 valence electrons. The first kappa shape index (κ1) is 26.2. The van der Waals surface area contributed by atoms with E-state index in [1.807, 2.05) is 64.1 Å². The number of nitrogens with zero attached hydrogens (tertiary/aromatic N) is 3. The molecule has 0 radical (unpaired) electrons. The SMILES string of the molecule is CCC1(CC)CC(=O)N([C@H](c2cccnc2)C2C[C@H]2C(=O)N[C@H]2c3ccccc3OC(C)(C)[C@@H]2O)C(N)=N1. The van der Waals surface area contributed by atoms with Gasteiger partial charge < -0.3 is 20.9 Å². The van der Waals surface area contributed by atoms with E-state index in [1.165, 1.54) is 0 Å². The van der Waals surface area contributed by atoms with Crippen LogP contribution in [-0.2, 0) is 9.59 Å². The maximum absolute atomic E-state index is 13.6. The number of aliphatic hydroxyl groups is 1. The highest BCUT2D eigenvalue weighted by Crippen LogP contribution is 2.52. The summed E-state index contributed by atoms with van der Waals surface area (Å²) in [6, 6.07) is 10.1. The number of rotatable bonds is 7. The minimum Gasteiger partial charge on any atom is -0.485 e. The normalized spacial score (nSPS) is 28.0. The molecule has 3 aliphatic rings. The zero-order chi connectivity index (χ0) is 27.2. The van der Waals surface area contributed by atoms with Crippen LogP contribution in [0.4, 0.5) is 0 Å². The molecule has 3 heterocycles. The lowest BCUT2D eigenvalue weighted by molar-refractivity contribution is -0.133. The number of pyridine rings is 1. The molecule has 0 spiro atoms. The van der Waals surface area contributed by atoms with Crippen molar-refractivity contribution in [2.45, 2.75) is 82.7 Å². The molecule has 9 nitrogen and oxygen atoms in total. The van der Waals surface area contributed by atoms with Gasteiger partial charge >= 0.3 is 0 Å². The van der Waals surface area contributed by atoms with E-state index >= 15 is 0 Å². The number of para-hydroxylation sites is 1. The number of carbonyl (C=O) groups excluding carboxylic acids is 2. The molecule has 1 fully saturated rings. The van der Waals surface area contributed by atoms with E-state index in [0.29, 0.717) is 12.2 Å². The van der Waals surface area contributed by atoms with Crippen molar-refractivity contribution in [3.8, 4) is 5.75 Å². The van der Waals surface area contributed by atoms with Gasteiger partial charge in [-0.3, -0.25) is 19.5 Å². The first-order valence-electron chi connectivity index (χ1n) is 13.4. The fourth-order valence-corrected chi connectivity index (χ4v) is 5.95. The summed E-state index contributed by atoms with van der Waals surface area (Å²) in [5.74, 6) is 0.0730. The Morgan fingerprint density at radius 1 is 1.24 bits per heavy atom. The lowest BCUT2D eigenvalue weighted by Gasteiger charge is -2.42. The number of carbonyl (C=O) groups is 2. The number of aromatic nitrogens is 1. The van der Waals surface area contributed by atoms with Gasteiger partial charge in [-0.2, -0.15) is 0 Å². The number of guanidine groups is 1. The highest BCUT2D eigenvalue weighted by molar-refractivity contribution is 5.99.